The van der Waals surface area contributed by atoms with Gasteiger partial charge < -0.3 is 20.4 Å². The predicted molar refractivity (Wildman–Crippen MR) is 105 cm³/mol. The van der Waals surface area contributed by atoms with Crippen molar-refractivity contribution in [3.05, 3.63) is 0 Å². The van der Waals surface area contributed by atoms with E-state index in [0.29, 0.717) is 0 Å². The molecule has 34 heavy (non-hydrogen) atoms. The van der Waals surface area contributed by atoms with Crippen LogP contribution in [0.4, 0.5) is 9.59 Å². The molecule has 0 aromatic rings. The zero-order chi connectivity index (χ0) is 24.9. The molecule has 4 saturated heterocycles. The van der Waals surface area contributed by atoms with Crippen LogP contribution in [0.1, 0.15) is 25.7 Å². The van der Waals surface area contributed by atoms with Crippen LogP contribution in [-0.4, -0.2) is 137 Å². The number of carboxylic acid groups (broad SMARTS) is 4. The third-order valence-corrected chi connectivity index (χ3v) is 6.58. The van der Waals surface area contributed by atoms with Gasteiger partial charge in [-0.2, -0.15) is 0 Å². The molecule has 186 valence electrons. The average Bonchev–Trinajstić information content (AvgIpc) is 3.19. The molecule has 4 N–H and O–H groups in total. The van der Waals surface area contributed by atoms with E-state index >= 15 is 0 Å². The van der Waals surface area contributed by atoms with E-state index in [1.165, 1.54) is 29.4 Å². The van der Waals surface area contributed by atoms with Gasteiger partial charge in [-0.25, -0.2) is 9.59 Å². The fourth-order valence-electron chi connectivity index (χ4n) is 5.05. The van der Waals surface area contributed by atoms with Gasteiger partial charge in [0.1, 0.15) is 12.1 Å². The van der Waals surface area contributed by atoms with Gasteiger partial charge in [0.25, 0.3) is 0 Å². The predicted octanol–water partition coefficient (Wildman–Crippen LogP) is -1.79. The molecule has 0 radical (unpaired) electrons. The smallest absolute Gasteiger partial charge is 0.325 e. The van der Waals surface area contributed by atoms with E-state index in [2.05, 4.69) is 0 Å². The van der Waals surface area contributed by atoms with E-state index in [4.69, 9.17) is 10.2 Å². The lowest BCUT2D eigenvalue weighted by atomic mass is 10.1. The Morgan fingerprint density at radius 1 is 0.647 bits per heavy atom. The Bertz CT molecular complexity index is 838. The summed E-state index contributed by atoms with van der Waals surface area (Å²) >= 11 is 0. The highest BCUT2D eigenvalue weighted by Crippen LogP contribution is 2.40. The number of urea groups is 2. The zero-order valence-electron chi connectivity index (χ0n) is 17.9. The van der Waals surface area contributed by atoms with Crippen molar-refractivity contribution in [1.82, 2.24) is 29.4 Å². The molecular formula is C18H24N6O10. The monoisotopic (exact) mass is 484 g/mol. The minimum absolute atomic E-state index is 0.147. The van der Waals surface area contributed by atoms with Crippen LogP contribution in [0.2, 0.25) is 0 Å². The van der Waals surface area contributed by atoms with Gasteiger partial charge in [0, 0.05) is 12.8 Å². The molecule has 4 heterocycles. The normalized spacial score (nSPS) is 26.0. The second-order valence-corrected chi connectivity index (χ2v) is 8.59. The molecule has 2 atom stereocenters. The fourth-order valence-corrected chi connectivity index (χ4v) is 5.05. The molecule has 2 unspecified atom stereocenters. The van der Waals surface area contributed by atoms with E-state index in [1.807, 2.05) is 0 Å². The number of carbonyl (C=O) groups is 6. The van der Waals surface area contributed by atoms with Gasteiger partial charge in [-0.05, 0) is 12.8 Å². The second kappa shape index (κ2) is 8.60. The van der Waals surface area contributed by atoms with Crippen LogP contribution in [0.3, 0.4) is 0 Å². The van der Waals surface area contributed by atoms with Crippen LogP contribution in [0.25, 0.3) is 0 Å². The Labute approximate surface area is 192 Å². The topological polar surface area (TPSA) is 203 Å². The summed E-state index contributed by atoms with van der Waals surface area (Å²) in [5, 5.41) is 37.1. The zero-order valence-corrected chi connectivity index (χ0v) is 17.9. The third kappa shape index (κ3) is 3.83. The first-order valence-electron chi connectivity index (χ1n) is 10.5. The van der Waals surface area contributed by atoms with Crippen molar-refractivity contribution in [2.75, 3.05) is 26.7 Å². The highest BCUT2D eigenvalue weighted by molar-refractivity contribution is 5.86. The first-order valence-corrected chi connectivity index (χ1v) is 10.5. The molecule has 0 aliphatic carbocycles. The third-order valence-electron chi connectivity index (χ3n) is 6.58. The SMILES string of the molecule is O=C(O)CCC(C(=O)O)N1CN2C(=O)N3CN(C(CCC(=O)O)C(=O)O)CN4C(=O)N(C1)C2C34. The van der Waals surface area contributed by atoms with Gasteiger partial charge in [0.2, 0.25) is 0 Å². The molecule has 0 bridgehead atoms. The van der Waals surface area contributed by atoms with Crippen LogP contribution in [0, 0.1) is 0 Å². The summed E-state index contributed by atoms with van der Waals surface area (Å²) in [5.74, 6) is -4.88. The number of rotatable bonds is 10. The summed E-state index contributed by atoms with van der Waals surface area (Å²) in [6, 6.07) is -3.52. The number of hydrogen-bond donors (Lipinski definition) is 4. The molecule has 4 fully saturated rings. The Kier molecular flexibility index (Phi) is 5.94. The largest absolute Gasteiger partial charge is 0.481 e. The highest BCUT2D eigenvalue weighted by Gasteiger charge is 2.64. The summed E-state index contributed by atoms with van der Waals surface area (Å²) in [4.78, 5) is 79.9. The summed E-state index contributed by atoms with van der Waals surface area (Å²) in [7, 11) is 0. The minimum Gasteiger partial charge on any atom is -0.481 e. The summed E-state index contributed by atoms with van der Waals surface area (Å²) in [6.07, 6.45) is -2.63. The molecule has 16 heteroatoms. The quantitative estimate of drug-likeness (QED) is 0.272. The second-order valence-electron chi connectivity index (χ2n) is 8.59. The maximum absolute atomic E-state index is 13.2. The maximum atomic E-state index is 13.2. The van der Waals surface area contributed by atoms with Gasteiger partial charge in [0.15, 0.2) is 12.3 Å². The van der Waals surface area contributed by atoms with Gasteiger partial charge >= 0.3 is 35.9 Å². The number of aliphatic carboxylic acids is 4. The Balaban J connectivity index is 1.57. The lowest BCUT2D eigenvalue weighted by Crippen LogP contribution is -2.64. The molecular weight excluding hydrogens is 460 g/mol. The van der Waals surface area contributed by atoms with Crippen molar-refractivity contribution < 1.29 is 49.2 Å². The van der Waals surface area contributed by atoms with E-state index < -0.39 is 73.2 Å². The van der Waals surface area contributed by atoms with E-state index in [0.717, 1.165) is 0 Å². The van der Waals surface area contributed by atoms with Crippen molar-refractivity contribution >= 4 is 35.9 Å². The molecule has 0 saturated carbocycles. The van der Waals surface area contributed by atoms with E-state index in [1.54, 1.807) is 0 Å². The molecule has 4 aliphatic rings. The molecule has 16 nitrogen and oxygen atoms in total. The van der Waals surface area contributed by atoms with E-state index in [9.17, 15) is 39.0 Å². The number of hydrogen-bond acceptors (Lipinski definition) is 8. The number of amides is 4. The van der Waals surface area contributed by atoms with Crippen molar-refractivity contribution in [1.29, 1.82) is 0 Å². The Morgan fingerprint density at radius 2 is 0.941 bits per heavy atom. The van der Waals surface area contributed by atoms with Crippen molar-refractivity contribution in [2.45, 2.75) is 50.1 Å². The molecule has 4 amide bonds. The van der Waals surface area contributed by atoms with Crippen molar-refractivity contribution in [3.8, 4) is 0 Å². The molecule has 0 aromatic heterocycles. The van der Waals surface area contributed by atoms with Crippen LogP contribution >= 0.6 is 0 Å². The summed E-state index contributed by atoms with van der Waals surface area (Å²) in [6.45, 7) is -0.587. The Hall–Kier alpha value is -3.66. The van der Waals surface area contributed by atoms with Gasteiger partial charge in [-0.3, -0.25) is 48.6 Å². The standard InChI is InChI=1S/C18H24N6O10/c25-11(26)3-1-9(15(29)30)19-5-21-13-14-23(17(21)33)7-20(8-24(14)18(34)22(13)6-19)10(16(31)32)2-4-12(27)28/h9-10,13-14H,1-8H2,(H,25,26)(H,27,28)(H,29,30)(H,31,32). The lowest BCUT2D eigenvalue weighted by molar-refractivity contribution is -0.151. The van der Waals surface area contributed by atoms with Crippen molar-refractivity contribution in [3.63, 3.8) is 0 Å². The average molecular weight is 484 g/mol. The molecule has 4 rings (SSSR count). The Morgan fingerprint density at radius 3 is 1.18 bits per heavy atom. The summed E-state index contributed by atoms with van der Waals surface area (Å²) < 4.78 is 0. The van der Waals surface area contributed by atoms with Gasteiger partial charge in [0.05, 0.1) is 26.7 Å². The first kappa shape index (κ1) is 23.5. The van der Waals surface area contributed by atoms with Crippen LogP contribution in [-0.2, 0) is 19.2 Å². The van der Waals surface area contributed by atoms with Gasteiger partial charge in [-0.1, -0.05) is 0 Å². The van der Waals surface area contributed by atoms with Crippen LogP contribution in [0.5, 0.6) is 0 Å². The van der Waals surface area contributed by atoms with Gasteiger partial charge in [-0.15, -0.1) is 0 Å². The fraction of sp³-hybridized carbons (Fsp3) is 0.667. The number of carboxylic acids is 4. The van der Waals surface area contributed by atoms with Crippen molar-refractivity contribution in [2.24, 2.45) is 0 Å². The highest BCUT2D eigenvalue weighted by atomic mass is 16.4. The number of carbonyl (C=O) groups excluding carboxylic acids is 2. The minimum atomic E-state index is -1.27. The lowest BCUT2D eigenvalue weighted by Gasteiger charge is -2.44. The maximum Gasteiger partial charge on any atom is 0.325 e. The van der Waals surface area contributed by atoms with Crippen LogP contribution < -0.4 is 0 Å². The number of nitrogens with zero attached hydrogens (tertiary/aromatic N) is 6. The van der Waals surface area contributed by atoms with E-state index in [-0.39, 0.29) is 39.5 Å². The summed E-state index contributed by atoms with van der Waals surface area (Å²) in [5.41, 5.74) is 0. The van der Waals surface area contributed by atoms with Crippen LogP contribution in [0.15, 0.2) is 0 Å². The first-order chi connectivity index (χ1) is 16.0. The molecule has 0 aromatic carbocycles. The molecule has 0 spiro atoms. The molecule has 4 aliphatic heterocycles.